The first-order valence-electron chi connectivity index (χ1n) is 7.24. The number of allylic oxidation sites excluding steroid dienone is 1. The summed E-state index contributed by atoms with van der Waals surface area (Å²) in [4.78, 5) is 2.29. The van der Waals surface area contributed by atoms with Crippen molar-refractivity contribution in [2.24, 2.45) is 0 Å². The summed E-state index contributed by atoms with van der Waals surface area (Å²) in [6.45, 7) is 4.49. The van der Waals surface area contributed by atoms with E-state index in [1.165, 1.54) is 22.8 Å². The van der Waals surface area contributed by atoms with Crippen LogP contribution in [-0.2, 0) is 13.1 Å². The number of rotatable bonds is 6. The van der Waals surface area contributed by atoms with Crippen molar-refractivity contribution in [2.45, 2.75) is 20.0 Å². The van der Waals surface area contributed by atoms with Gasteiger partial charge in [-0.15, -0.1) is 0 Å². The largest absolute Gasteiger partial charge is 0.291 e. The number of nitriles is 1. The van der Waals surface area contributed by atoms with Gasteiger partial charge in [-0.2, -0.15) is 5.26 Å². The van der Waals surface area contributed by atoms with Crippen LogP contribution in [0.25, 0.3) is 0 Å². The number of aryl methyl sites for hydroxylation is 1. The topological polar surface area (TPSA) is 27.0 Å². The van der Waals surface area contributed by atoms with Crippen LogP contribution in [0, 0.1) is 18.3 Å². The molecule has 3 heteroatoms. The summed E-state index contributed by atoms with van der Waals surface area (Å²) in [7, 11) is 0. The number of hydrogen-bond acceptors (Lipinski definition) is 2. The van der Waals surface area contributed by atoms with Crippen molar-refractivity contribution in [3.05, 3.63) is 82.4 Å². The minimum atomic E-state index is 0.740. The number of nitrogens with zero attached hydrogens (tertiary/aromatic N) is 2. The van der Waals surface area contributed by atoms with E-state index in [4.69, 9.17) is 16.9 Å². The third-order valence-corrected chi connectivity index (χ3v) is 3.65. The average molecular weight is 311 g/mol. The first kappa shape index (κ1) is 16.3. The van der Waals surface area contributed by atoms with Gasteiger partial charge in [0.15, 0.2) is 0 Å². The van der Waals surface area contributed by atoms with E-state index in [2.05, 4.69) is 36.1 Å². The summed E-state index contributed by atoms with van der Waals surface area (Å²) < 4.78 is 0. The number of benzene rings is 2. The number of hydrogen-bond donors (Lipinski definition) is 0. The molecule has 0 radical (unpaired) electrons. The summed E-state index contributed by atoms with van der Waals surface area (Å²) in [6, 6.07) is 18.5. The molecule has 112 valence electrons. The second kappa shape index (κ2) is 8.38. The fourth-order valence-electron chi connectivity index (χ4n) is 2.24. The highest BCUT2D eigenvalue weighted by Crippen LogP contribution is 2.14. The molecule has 0 unspecified atom stereocenters. The van der Waals surface area contributed by atoms with Crippen molar-refractivity contribution < 1.29 is 0 Å². The van der Waals surface area contributed by atoms with Crippen molar-refractivity contribution in [3.63, 3.8) is 0 Å². The molecule has 0 saturated heterocycles. The van der Waals surface area contributed by atoms with Gasteiger partial charge in [0, 0.05) is 30.7 Å². The predicted octanol–water partition coefficient (Wildman–Crippen LogP) is 4.73. The van der Waals surface area contributed by atoms with E-state index in [9.17, 15) is 0 Å². The maximum atomic E-state index is 8.65. The van der Waals surface area contributed by atoms with Crippen molar-refractivity contribution in [3.8, 4) is 6.07 Å². The molecule has 2 aromatic rings. The fourth-order valence-corrected chi connectivity index (χ4v) is 2.37. The second-order valence-corrected chi connectivity index (χ2v) is 5.75. The predicted molar refractivity (Wildman–Crippen MR) is 91.5 cm³/mol. The lowest BCUT2D eigenvalue weighted by Crippen LogP contribution is -2.22. The second-order valence-electron chi connectivity index (χ2n) is 5.31. The first-order chi connectivity index (χ1) is 10.7. The first-order valence-corrected chi connectivity index (χ1v) is 7.62. The molecule has 0 bridgehead atoms. The molecule has 22 heavy (non-hydrogen) atoms. The third kappa shape index (κ3) is 5.37. The SMILES string of the molecule is Cc1ccc(CN(C/C=C/C#N)Cc2ccc(Cl)cc2)cc1. The standard InChI is InChI=1S/C19H19ClN2/c1-16-4-6-17(7-5-16)14-22(13-3-2-12-21)15-18-8-10-19(20)11-9-18/h2-11H,13-15H2,1H3/b3-2+. The molecule has 0 aliphatic rings. The van der Waals surface area contributed by atoms with Crippen LogP contribution in [-0.4, -0.2) is 11.4 Å². The molecule has 0 aliphatic heterocycles. The number of halogens is 1. The van der Waals surface area contributed by atoms with Gasteiger partial charge in [-0.05, 0) is 30.2 Å². The van der Waals surface area contributed by atoms with E-state index in [1.54, 1.807) is 0 Å². The van der Waals surface area contributed by atoms with Crippen LogP contribution in [0.3, 0.4) is 0 Å². The van der Waals surface area contributed by atoms with E-state index >= 15 is 0 Å². The van der Waals surface area contributed by atoms with Crippen molar-refractivity contribution in [1.29, 1.82) is 5.26 Å². The van der Waals surface area contributed by atoms with Gasteiger partial charge in [0.25, 0.3) is 0 Å². The normalized spacial score (nSPS) is 11.0. The highest BCUT2D eigenvalue weighted by atomic mass is 35.5. The van der Waals surface area contributed by atoms with Gasteiger partial charge in [-0.3, -0.25) is 4.90 Å². The Bertz CT molecular complexity index is 604. The Labute approximate surface area is 137 Å². The summed E-state index contributed by atoms with van der Waals surface area (Å²) in [6.07, 6.45) is 3.42. The lowest BCUT2D eigenvalue weighted by atomic mass is 10.1. The van der Waals surface area contributed by atoms with E-state index < -0.39 is 0 Å². The third-order valence-electron chi connectivity index (χ3n) is 3.40. The van der Waals surface area contributed by atoms with Gasteiger partial charge in [-0.25, -0.2) is 0 Å². The molecule has 0 fully saturated rings. The molecule has 0 aromatic heterocycles. The molecule has 0 N–H and O–H groups in total. The molecule has 2 aromatic carbocycles. The molecule has 2 rings (SSSR count). The van der Waals surface area contributed by atoms with Gasteiger partial charge in [0.05, 0.1) is 6.07 Å². The summed E-state index contributed by atoms with van der Waals surface area (Å²) in [5, 5.41) is 9.40. The molecule has 2 nitrogen and oxygen atoms in total. The summed E-state index contributed by atoms with van der Waals surface area (Å²) in [5.41, 5.74) is 3.74. The maximum absolute atomic E-state index is 8.65. The fraction of sp³-hybridized carbons (Fsp3) is 0.211. The monoisotopic (exact) mass is 310 g/mol. The Hall–Kier alpha value is -2.08. The van der Waals surface area contributed by atoms with Crippen LogP contribution in [0.15, 0.2) is 60.7 Å². The molecule has 0 saturated carbocycles. The lowest BCUT2D eigenvalue weighted by Gasteiger charge is -2.21. The smallest absolute Gasteiger partial charge is 0.0909 e. The van der Waals surface area contributed by atoms with Crippen LogP contribution >= 0.6 is 11.6 Å². The van der Waals surface area contributed by atoms with Crippen molar-refractivity contribution >= 4 is 11.6 Å². The highest BCUT2D eigenvalue weighted by molar-refractivity contribution is 6.30. The Morgan fingerprint density at radius 2 is 1.55 bits per heavy atom. The van der Waals surface area contributed by atoms with E-state index in [0.717, 1.165) is 24.7 Å². The summed E-state index contributed by atoms with van der Waals surface area (Å²) in [5.74, 6) is 0. The van der Waals surface area contributed by atoms with Crippen molar-refractivity contribution in [2.75, 3.05) is 6.54 Å². The van der Waals surface area contributed by atoms with E-state index in [0.29, 0.717) is 0 Å². The van der Waals surface area contributed by atoms with Gasteiger partial charge in [0.2, 0.25) is 0 Å². The summed E-state index contributed by atoms with van der Waals surface area (Å²) >= 11 is 5.93. The zero-order valence-corrected chi connectivity index (χ0v) is 13.4. The Morgan fingerprint density at radius 1 is 1.00 bits per heavy atom. The molecule has 0 heterocycles. The van der Waals surface area contributed by atoms with Crippen LogP contribution in [0.2, 0.25) is 5.02 Å². The van der Waals surface area contributed by atoms with Crippen LogP contribution in [0.1, 0.15) is 16.7 Å². The molecule has 0 aliphatic carbocycles. The maximum Gasteiger partial charge on any atom is 0.0909 e. The minimum Gasteiger partial charge on any atom is -0.291 e. The van der Waals surface area contributed by atoms with Crippen molar-refractivity contribution in [1.82, 2.24) is 4.90 Å². The van der Waals surface area contributed by atoms with Crippen LogP contribution < -0.4 is 0 Å². The minimum absolute atomic E-state index is 0.740. The van der Waals surface area contributed by atoms with Crippen LogP contribution in [0.4, 0.5) is 0 Å². The zero-order valence-electron chi connectivity index (χ0n) is 12.7. The zero-order chi connectivity index (χ0) is 15.8. The van der Waals surface area contributed by atoms with E-state index in [-0.39, 0.29) is 0 Å². The molecule has 0 amide bonds. The Balaban J connectivity index is 2.07. The van der Waals surface area contributed by atoms with Gasteiger partial charge in [0.1, 0.15) is 0 Å². The Morgan fingerprint density at radius 3 is 2.09 bits per heavy atom. The van der Waals surface area contributed by atoms with Gasteiger partial charge >= 0.3 is 0 Å². The lowest BCUT2D eigenvalue weighted by molar-refractivity contribution is 0.286. The Kier molecular flexibility index (Phi) is 6.21. The molecule has 0 spiro atoms. The molecular formula is C19H19ClN2. The van der Waals surface area contributed by atoms with Gasteiger partial charge < -0.3 is 0 Å². The molecule has 0 atom stereocenters. The molecular weight excluding hydrogens is 292 g/mol. The van der Waals surface area contributed by atoms with Gasteiger partial charge in [-0.1, -0.05) is 59.6 Å². The van der Waals surface area contributed by atoms with Crippen LogP contribution in [0.5, 0.6) is 0 Å². The van der Waals surface area contributed by atoms with E-state index in [1.807, 2.05) is 36.4 Å². The highest BCUT2D eigenvalue weighted by Gasteiger charge is 2.06. The average Bonchev–Trinajstić information content (AvgIpc) is 2.52. The quantitative estimate of drug-likeness (QED) is 0.721.